The maximum atomic E-state index is 13.7. The Morgan fingerprint density at radius 3 is 2.32 bits per heavy atom. The van der Waals surface area contributed by atoms with Gasteiger partial charge in [0.25, 0.3) is 0 Å². The average molecular weight is 522 g/mol. The third-order valence-electron chi connectivity index (χ3n) is 7.06. The van der Waals surface area contributed by atoms with E-state index in [1.54, 1.807) is 26.9 Å². The van der Waals surface area contributed by atoms with Gasteiger partial charge in [0.1, 0.15) is 12.2 Å². The van der Waals surface area contributed by atoms with Gasteiger partial charge in [-0.3, -0.25) is 9.59 Å². The van der Waals surface area contributed by atoms with Crippen LogP contribution in [0.3, 0.4) is 0 Å². The Labute approximate surface area is 225 Å². The third-order valence-corrected chi connectivity index (χ3v) is 7.06. The fourth-order valence-electron chi connectivity index (χ4n) is 5.10. The number of benzene rings is 2. The first-order valence-electron chi connectivity index (χ1n) is 13.5. The van der Waals surface area contributed by atoms with E-state index in [2.05, 4.69) is 12.2 Å². The Bertz CT molecular complexity index is 1070. The number of amides is 4. The standard InChI is InChI=1S/C29H39N5O4/c1-3-4-17-38-18-11-16-32-21-26-33(25(28(32)36)19-23-12-7-5-8-13-23)27(35)22-31(2)34(26)29(37)30-20-24-14-9-6-10-15-24/h5-10,12-15,25-26H,3-4,11,16-22H2,1-2H3,(H,30,37)/t25-,26-/m0/s1. The molecular weight excluding hydrogens is 482 g/mol. The van der Waals surface area contributed by atoms with Crippen LogP contribution in [-0.2, 0) is 27.3 Å². The van der Waals surface area contributed by atoms with Gasteiger partial charge >= 0.3 is 6.03 Å². The normalized spacial score (nSPS) is 20.0. The molecule has 2 aliphatic rings. The van der Waals surface area contributed by atoms with Crippen molar-refractivity contribution in [3.63, 3.8) is 0 Å². The van der Waals surface area contributed by atoms with Crippen molar-refractivity contribution in [2.24, 2.45) is 0 Å². The number of carbonyl (C=O) groups is 3. The predicted octanol–water partition coefficient (Wildman–Crippen LogP) is 2.87. The van der Waals surface area contributed by atoms with Gasteiger partial charge in [0.05, 0.1) is 13.1 Å². The summed E-state index contributed by atoms with van der Waals surface area (Å²) in [5, 5.41) is 6.25. The molecular formula is C29H39N5O4. The smallest absolute Gasteiger partial charge is 0.334 e. The summed E-state index contributed by atoms with van der Waals surface area (Å²) in [6, 6.07) is 18.5. The minimum atomic E-state index is -0.678. The molecule has 0 unspecified atom stereocenters. The molecule has 9 heteroatoms. The van der Waals surface area contributed by atoms with Gasteiger partial charge in [0.2, 0.25) is 11.8 Å². The van der Waals surface area contributed by atoms with Gasteiger partial charge in [-0.25, -0.2) is 14.8 Å². The van der Waals surface area contributed by atoms with E-state index in [9.17, 15) is 14.4 Å². The SMILES string of the molecule is CCCCOCCCN1C[C@H]2N(C(=O)CN(C)N2C(=O)NCc2ccccc2)[C@@H](Cc2ccccc2)C1=O. The molecule has 0 spiro atoms. The zero-order chi connectivity index (χ0) is 26.9. The Kier molecular flexibility index (Phi) is 9.73. The summed E-state index contributed by atoms with van der Waals surface area (Å²) in [7, 11) is 1.74. The third kappa shape index (κ3) is 6.71. The predicted molar refractivity (Wildman–Crippen MR) is 145 cm³/mol. The van der Waals surface area contributed by atoms with Gasteiger partial charge in [-0.2, -0.15) is 0 Å². The van der Waals surface area contributed by atoms with Gasteiger partial charge in [-0.1, -0.05) is 74.0 Å². The lowest BCUT2D eigenvalue weighted by Crippen LogP contribution is -2.76. The highest BCUT2D eigenvalue weighted by Crippen LogP contribution is 2.28. The molecule has 2 aromatic rings. The van der Waals surface area contributed by atoms with Gasteiger partial charge in [-0.05, 0) is 24.0 Å². The molecule has 2 aromatic carbocycles. The second-order valence-corrected chi connectivity index (χ2v) is 9.90. The van der Waals surface area contributed by atoms with Gasteiger partial charge < -0.3 is 19.9 Å². The number of piperazine rings is 1. The molecule has 9 nitrogen and oxygen atoms in total. The topological polar surface area (TPSA) is 85.4 Å². The van der Waals surface area contributed by atoms with E-state index in [4.69, 9.17) is 4.74 Å². The Morgan fingerprint density at radius 2 is 1.63 bits per heavy atom. The Morgan fingerprint density at radius 1 is 0.974 bits per heavy atom. The number of rotatable bonds is 11. The number of nitrogens with zero attached hydrogens (tertiary/aromatic N) is 4. The monoisotopic (exact) mass is 521 g/mol. The number of ether oxygens (including phenoxy) is 1. The first-order chi connectivity index (χ1) is 18.5. The number of hydrazine groups is 1. The molecule has 0 bridgehead atoms. The number of likely N-dealkylation sites (N-methyl/N-ethyl adjacent to an activating group) is 1. The van der Waals surface area contributed by atoms with Gasteiger partial charge in [0, 0.05) is 39.8 Å². The van der Waals surface area contributed by atoms with Crippen LogP contribution in [0.5, 0.6) is 0 Å². The second kappa shape index (κ2) is 13.4. The van der Waals surface area contributed by atoms with Crippen LogP contribution in [-0.4, -0.2) is 89.8 Å². The minimum Gasteiger partial charge on any atom is -0.381 e. The van der Waals surface area contributed by atoms with E-state index in [0.29, 0.717) is 39.1 Å². The molecule has 4 amide bonds. The maximum Gasteiger partial charge on any atom is 0.334 e. The fourth-order valence-corrected chi connectivity index (χ4v) is 5.10. The van der Waals surface area contributed by atoms with Crippen molar-refractivity contribution < 1.29 is 19.1 Å². The summed E-state index contributed by atoms with van der Waals surface area (Å²) in [5.74, 6) is -0.234. The number of urea groups is 1. The largest absolute Gasteiger partial charge is 0.381 e. The van der Waals surface area contributed by atoms with Crippen LogP contribution < -0.4 is 5.32 Å². The van der Waals surface area contributed by atoms with E-state index in [1.807, 2.05) is 60.7 Å². The molecule has 204 valence electrons. The number of carbonyl (C=O) groups excluding carboxylic acids is 3. The number of hydrogen-bond acceptors (Lipinski definition) is 5. The molecule has 1 N–H and O–H groups in total. The number of hydrogen-bond donors (Lipinski definition) is 1. The number of unbranched alkanes of at least 4 members (excludes halogenated alkanes) is 1. The van der Waals surface area contributed by atoms with Gasteiger partial charge in [-0.15, -0.1) is 0 Å². The van der Waals surface area contributed by atoms with E-state index in [0.717, 1.165) is 24.0 Å². The molecule has 2 aliphatic heterocycles. The van der Waals surface area contributed by atoms with E-state index in [1.165, 1.54) is 0 Å². The van der Waals surface area contributed by atoms with Crippen LogP contribution in [0.4, 0.5) is 4.79 Å². The molecule has 2 atom stereocenters. The van der Waals surface area contributed by atoms with Crippen LogP contribution in [0.1, 0.15) is 37.3 Å². The summed E-state index contributed by atoms with van der Waals surface area (Å²) < 4.78 is 5.71. The van der Waals surface area contributed by atoms with Crippen molar-refractivity contribution in [3.05, 3.63) is 71.8 Å². The second-order valence-electron chi connectivity index (χ2n) is 9.90. The highest BCUT2D eigenvalue weighted by atomic mass is 16.5. The van der Waals surface area contributed by atoms with E-state index < -0.39 is 12.2 Å². The molecule has 2 heterocycles. The lowest BCUT2D eigenvalue weighted by Gasteiger charge is -2.54. The Hall–Kier alpha value is -3.43. The molecule has 2 saturated heterocycles. The first-order valence-corrected chi connectivity index (χ1v) is 13.5. The summed E-state index contributed by atoms with van der Waals surface area (Å²) in [5.41, 5.74) is 1.96. The molecule has 2 fully saturated rings. The zero-order valence-electron chi connectivity index (χ0n) is 22.4. The lowest BCUT2D eigenvalue weighted by atomic mass is 9.98. The summed E-state index contributed by atoms with van der Waals surface area (Å²) in [6.07, 6.45) is 2.59. The van der Waals surface area contributed by atoms with Crippen molar-refractivity contribution in [1.29, 1.82) is 0 Å². The molecule has 0 radical (unpaired) electrons. The molecule has 0 aromatic heterocycles. The molecule has 4 rings (SSSR count). The van der Waals surface area contributed by atoms with Crippen molar-refractivity contribution in [2.75, 3.05) is 39.9 Å². The zero-order valence-corrected chi connectivity index (χ0v) is 22.4. The van der Waals surface area contributed by atoms with Crippen LogP contribution >= 0.6 is 0 Å². The Balaban J connectivity index is 1.54. The molecule has 38 heavy (non-hydrogen) atoms. The number of fused-ring (bicyclic) bond motifs is 1. The van der Waals surface area contributed by atoms with E-state index in [-0.39, 0.29) is 30.9 Å². The van der Waals surface area contributed by atoms with Crippen LogP contribution in [0.25, 0.3) is 0 Å². The van der Waals surface area contributed by atoms with Crippen molar-refractivity contribution >= 4 is 17.8 Å². The quantitative estimate of drug-likeness (QED) is 0.460. The summed E-state index contributed by atoms with van der Waals surface area (Å²) in [4.78, 5) is 44.0. The lowest BCUT2D eigenvalue weighted by molar-refractivity contribution is -0.187. The fraction of sp³-hybridized carbons (Fsp3) is 0.483. The van der Waals surface area contributed by atoms with Crippen molar-refractivity contribution in [1.82, 2.24) is 25.1 Å². The summed E-state index contributed by atoms with van der Waals surface area (Å²) in [6.45, 7) is 4.58. The molecule has 0 saturated carbocycles. The molecule has 0 aliphatic carbocycles. The van der Waals surface area contributed by atoms with Crippen molar-refractivity contribution in [3.8, 4) is 0 Å². The van der Waals surface area contributed by atoms with E-state index >= 15 is 0 Å². The van der Waals surface area contributed by atoms with Crippen LogP contribution in [0, 0.1) is 0 Å². The van der Waals surface area contributed by atoms with Gasteiger partial charge in [0.15, 0.2) is 0 Å². The average Bonchev–Trinajstić information content (AvgIpc) is 2.92. The van der Waals surface area contributed by atoms with Crippen LogP contribution in [0.15, 0.2) is 60.7 Å². The number of nitrogens with one attached hydrogen (secondary N) is 1. The summed E-state index contributed by atoms with van der Waals surface area (Å²) >= 11 is 0. The highest BCUT2D eigenvalue weighted by Gasteiger charge is 2.50. The van der Waals surface area contributed by atoms with Crippen LogP contribution in [0.2, 0.25) is 0 Å². The highest BCUT2D eigenvalue weighted by molar-refractivity contribution is 5.91. The first kappa shape index (κ1) is 27.6. The van der Waals surface area contributed by atoms with Crippen molar-refractivity contribution in [2.45, 2.75) is 51.4 Å². The minimum absolute atomic E-state index is 0.0269. The maximum absolute atomic E-state index is 13.7.